The first-order chi connectivity index (χ1) is 10.7. The van der Waals surface area contributed by atoms with Crippen LogP contribution in [0.4, 0.5) is 8.78 Å². The number of benzene rings is 1. The van der Waals surface area contributed by atoms with Crippen molar-refractivity contribution in [2.24, 2.45) is 0 Å². The van der Waals surface area contributed by atoms with Crippen LogP contribution in [0.3, 0.4) is 0 Å². The van der Waals surface area contributed by atoms with Gasteiger partial charge in [-0.15, -0.1) is 0 Å². The van der Waals surface area contributed by atoms with Gasteiger partial charge < -0.3 is 14.0 Å². The maximum atomic E-state index is 12.8. The third-order valence-corrected chi connectivity index (χ3v) is 4.38. The molecule has 1 aliphatic rings. The zero-order valence-electron chi connectivity index (χ0n) is 14.0. The van der Waals surface area contributed by atoms with Gasteiger partial charge in [0.05, 0.1) is 24.4 Å². The Bertz CT molecular complexity index is 526. The SMILES string of the molecule is CC1(C)OB([C@@H](C=C(F)F)COCc2ccccc2)OC1(C)C. The first-order valence-corrected chi connectivity index (χ1v) is 7.71. The molecule has 23 heavy (non-hydrogen) atoms. The molecule has 0 amide bonds. The van der Waals surface area contributed by atoms with E-state index in [4.69, 9.17) is 14.0 Å². The minimum Gasteiger partial charge on any atom is -0.403 e. The van der Waals surface area contributed by atoms with Crippen molar-refractivity contribution in [1.82, 2.24) is 0 Å². The lowest BCUT2D eigenvalue weighted by atomic mass is 9.72. The molecule has 126 valence electrons. The highest BCUT2D eigenvalue weighted by Gasteiger charge is 2.53. The number of hydrogen-bond acceptors (Lipinski definition) is 3. The van der Waals surface area contributed by atoms with Gasteiger partial charge in [0.1, 0.15) is 0 Å². The van der Waals surface area contributed by atoms with Crippen LogP contribution in [0.15, 0.2) is 42.5 Å². The van der Waals surface area contributed by atoms with Gasteiger partial charge in [0.25, 0.3) is 6.08 Å². The summed E-state index contributed by atoms with van der Waals surface area (Å²) in [6.07, 6.45) is -0.902. The molecule has 2 rings (SSSR count). The molecule has 0 unspecified atom stereocenters. The molecular weight excluding hydrogens is 301 g/mol. The van der Waals surface area contributed by atoms with E-state index in [0.29, 0.717) is 6.61 Å². The minimum absolute atomic E-state index is 0.100. The van der Waals surface area contributed by atoms with Crippen LogP contribution in [0.2, 0.25) is 5.82 Å². The summed E-state index contributed by atoms with van der Waals surface area (Å²) in [5.41, 5.74) is -0.128. The van der Waals surface area contributed by atoms with Crippen molar-refractivity contribution in [3.63, 3.8) is 0 Å². The highest BCUT2D eigenvalue weighted by molar-refractivity contribution is 6.48. The lowest BCUT2D eigenvalue weighted by Gasteiger charge is -2.32. The summed E-state index contributed by atoms with van der Waals surface area (Å²) in [4.78, 5) is 0. The molecule has 0 radical (unpaired) electrons. The summed E-state index contributed by atoms with van der Waals surface area (Å²) in [6.45, 7) is 8.03. The third-order valence-electron chi connectivity index (χ3n) is 4.38. The normalized spacial score (nSPS) is 20.3. The van der Waals surface area contributed by atoms with Crippen LogP contribution >= 0.6 is 0 Å². The maximum absolute atomic E-state index is 12.8. The molecular formula is C17H23BF2O3. The average Bonchev–Trinajstić information content (AvgIpc) is 2.67. The first kappa shape index (κ1) is 18.1. The van der Waals surface area contributed by atoms with E-state index < -0.39 is 30.2 Å². The van der Waals surface area contributed by atoms with Crippen LogP contribution in [-0.2, 0) is 20.7 Å². The molecule has 0 N–H and O–H groups in total. The van der Waals surface area contributed by atoms with E-state index in [2.05, 4.69) is 0 Å². The molecule has 3 nitrogen and oxygen atoms in total. The standard InChI is InChI=1S/C17H23BF2O3/c1-16(2)17(3,4)23-18(22-16)14(10-15(19)20)12-21-11-13-8-6-5-7-9-13/h5-10,14H,11-12H2,1-4H3/t14-/m0/s1. The summed E-state index contributed by atoms with van der Waals surface area (Å²) >= 11 is 0. The molecule has 1 aromatic carbocycles. The smallest absolute Gasteiger partial charge is 0.403 e. The van der Waals surface area contributed by atoms with Crippen molar-refractivity contribution < 1.29 is 22.8 Å². The Morgan fingerprint density at radius 1 is 1.13 bits per heavy atom. The molecule has 0 saturated carbocycles. The largest absolute Gasteiger partial charge is 0.467 e. The van der Waals surface area contributed by atoms with Crippen molar-refractivity contribution in [1.29, 1.82) is 0 Å². The highest BCUT2D eigenvalue weighted by atomic mass is 19.3. The minimum atomic E-state index is -1.76. The molecule has 1 aromatic rings. The fourth-order valence-electron chi connectivity index (χ4n) is 2.32. The number of ether oxygens (including phenoxy) is 1. The monoisotopic (exact) mass is 324 g/mol. The zero-order chi connectivity index (χ0) is 17.1. The lowest BCUT2D eigenvalue weighted by molar-refractivity contribution is 0.00578. The van der Waals surface area contributed by atoms with E-state index in [9.17, 15) is 8.78 Å². The fraction of sp³-hybridized carbons (Fsp3) is 0.529. The van der Waals surface area contributed by atoms with Gasteiger partial charge in [-0.05, 0) is 39.3 Å². The van der Waals surface area contributed by atoms with Crippen molar-refractivity contribution in [3.05, 3.63) is 48.1 Å². The van der Waals surface area contributed by atoms with Gasteiger partial charge in [-0.25, -0.2) is 0 Å². The van der Waals surface area contributed by atoms with Crippen molar-refractivity contribution in [2.75, 3.05) is 6.61 Å². The van der Waals surface area contributed by atoms with Gasteiger partial charge >= 0.3 is 7.12 Å². The van der Waals surface area contributed by atoms with Gasteiger partial charge in [-0.2, -0.15) is 8.78 Å². The van der Waals surface area contributed by atoms with Crippen molar-refractivity contribution in [2.45, 2.75) is 51.3 Å². The van der Waals surface area contributed by atoms with Crippen LogP contribution in [0.25, 0.3) is 0 Å². The van der Waals surface area contributed by atoms with E-state index in [1.165, 1.54) is 0 Å². The summed E-state index contributed by atoms with van der Waals surface area (Å²) in [5.74, 6) is -0.662. The van der Waals surface area contributed by atoms with E-state index >= 15 is 0 Å². The predicted molar refractivity (Wildman–Crippen MR) is 86.2 cm³/mol. The summed E-state index contributed by atoms with van der Waals surface area (Å²) in [6, 6.07) is 9.58. The number of halogens is 2. The molecule has 1 atom stereocenters. The first-order valence-electron chi connectivity index (χ1n) is 7.71. The van der Waals surface area contributed by atoms with Crippen LogP contribution in [0.1, 0.15) is 33.3 Å². The third kappa shape index (κ3) is 4.62. The molecule has 1 heterocycles. The second-order valence-corrected chi connectivity index (χ2v) is 6.75. The van der Waals surface area contributed by atoms with Crippen LogP contribution in [0.5, 0.6) is 0 Å². The Labute approximate surface area is 136 Å². The number of rotatable bonds is 6. The van der Waals surface area contributed by atoms with E-state index in [-0.39, 0.29) is 6.61 Å². The highest BCUT2D eigenvalue weighted by Crippen LogP contribution is 2.40. The zero-order valence-corrected chi connectivity index (χ0v) is 14.0. The molecule has 0 bridgehead atoms. The molecule has 0 spiro atoms. The van der Waals surface area contributed by atoms with E-state index in [1.54, 1.807) is 0 Å². The van der Waals surface area contributed by atoms with Gasteiger partial charge in [0.2, 0.25) is 0 Å². The van der Waals surface area contributed by atoms with Crippen LogP contribution in [-0.4, -0.2) is 24.9 Å². The Morgan fingerprint density at radius 3 is 2.22 bits per heavy atom. The Balaban J connectivity index is 2.00. The predicted octanol–water partition coefficient (Wildman–Crippen LogP) is 4.45. The molecule has 0 aromatic heterocycles. The van der Waals surface area contributed by atoms with Crippen LogP contribution < -0.4 is 0 Å². The second kappa shape index (κ2) is 7.12. The topological polar surface area (TPSA) is 27.7 Å². The van der Waals surface area contributed by atoms with E-state index in [1.807, 2.05) is 58.0 Å². The Morgan fingerprint density at radius 2 is 1.70 bits per heavy atom. The summed E-state index contributed by atoms with van der Waals surface area (Å²) < 4.78 is 42.8. The molecule has 6 heteroatoms. The molecule has 1 aliphatic heterocycles. The van der Waals surface area contributed by atoms with Gasteiger partial charge in [0, 0.05) is 5.82 Å². The maximum Gasteiger partial charge on any atom is 0.467 e. The van der Waals surface area contributed by atoms with Crippen molar-refractivity contribution >= 4 is 7.12 Å². The molecule has 0 aliphatic carbocycles. The van der Waals surface area contributed by atoms with E-state index in [0.717, 1.165) is 11.6 Å². The Hall–Kier alpha value is -1.24. The average molecular weight is 324 g/mol. The van der Waals surface area contributed by atoms with Gasteiger partial charge in [0.15, 0.2) is 0 Å². The van der Waals surface area contributed by atoms with Gasteiger partial charge in [-0.3, -0.25) is 0 Å². The number of hydrogen-bond donors (Lipinski definition) is 0. The van der Waals surface area contributed by atoms with Gasteiger partial charge in [-0.1, -0.05) is 30.3 Å². The second-order valence-electron chi connectivity index (χ2n) is 6.75. The fourth-order valence-corrected chi connectivity index (χ4v) is 2.32. The Kier molecular flexibility index (Phi) is 5.60. The van der Waals surface area contributed by atoms with Crippen LogP contribution in [0, 0.1) is 0 Å². The molecule has 1 saturated heterocycles. The summed E-state index contributed by atoms with van der Waals surface area (Å²) in [5, 5.41) is 0. The lowest BCUT2D eigenvalue weighted by Crippen LogP contribution is -2.41. The molecule has 1 fully saturated rings. The summed E-state index contributed by atoms with van der Waals surface area (Å²) in [7, 11) is -0.753. The van der Waals surface area contributed by atoms with Crippen molar-refractivity contribution in [3.8, 4) is 0 Å². The quantitative estimate of drug-likeness (QED) is 0.724.